The number of hydrogen-bond donors (Lipinski definition) is 2. The molecule has 0 saturated heterocycles. The number of aryl methyl sites for hydroxylation is 1. The number of aromatic nitrogens is 4. The quantitative estimate of drug-likeness (QED) is 0.501. The van der Waals surface area contributed by atoms with E-state index in [2.05, 4.69) is 24.8 Å². The second-order valence-electron chi connectivity index (χ2n) is 7.68. The molecule has 1 aliphatic rings. The maximum absolute atomic E-state index is 13.8. The molecule has 0 fully saturated rings. The van der Waals surface area contributed by atoms with E-state index in [0.29, 0.717) is 5.82 Å². The summed E-state index contributed by atoms with van der Waals surface area (Å²) in [4.78, 5) is 24.9. The van der Waals surface area contributed by atoms with Crippen molar-refractivity contribution < 1.29 is 13.9 Å². The molecule has 3 heterocycles. The fourth-order valence-electron chi connectivity index (χ4n) is 4.28. The molecule has 0 bridgehead atoms. The van der Waals surface area contributed by atoms with Crippen LogP contribution in [0.1, 0.15) is 23.2 Å². The van der Waals surface area contributed by atoms with E-state index >= 15 is 0 Å². The van der Waals surface area contributed by atoms with Crippen LogP contribution in [0.3, 0.4) is 0 Å². The number of nitrogen functional groups attached to an aromatic ring is 1. The van der Waals surface area contributed by atoms with Crippen LogP contribution in [0.15, 0.2) is 42.9 Å². The summed E-state index contributed by atoms with van der Waals surface area (Å²) in [6.07, 6.45) is 6.03. The molecule has 9 heteroatoms. The molecule has 162 valence electrons. The van der Waals surface area contributed by atoms with Crippen molar-refractivity contribution in [2.24, 2.45) is 0 Å². The van der Waals surface area contributed by atoms with Crippen LogP contribution in [-0.2, 0) is 24.1 Å². The van der Waals surface area contributed by atoms with Gasteiger partial charge in [-0.3, -0.25) is 4.79 Å². The summed E-state index contributed by atoms with van der Waals surface area (Å²) < 4.78 is 20.7. The normalized spacial score (nSPS) is 12.7. The van der Waals surface area contributed by atoms with E-state index < -0.39 is 5.82 Å². The number of benzene rings is 1. The van der Waals surface area contributed by atoms with Crippen molar-refractivity contribution in [1.82, 2.24) is 19.5 Å². The number of anilines is 2. The first kappa shape index (κ1) is 19.9. The van der Waals surface area contributed by atoms with Gasteiger partial charge in [-0.1, -0.05) is 12.1 Å². The van der Waals surface area contributed by atoms with E-state index in [1.54, 1.807) is 0 Å². The molecule has 5 rings (SSSR count). The Morgan fingerprint density at radius 1 is 1.22 bits per heavy atom. The lowest BCUT2D eigenvalue weighted by molar-refractivity contribution is -0.115. The number of rotatable bonds is 5. The van der Waals surface area contributed by atoms with Gasteiger partial charge >= 0.3 is 0 Å². The third-order valence-corrected chi connectivity index (χ3v) is 5.66. The van der Waals surface area contributed by atoms with Gasteiger partial charge in [-0.05, 0) is 42.5 Å². The highest BCUT2D eigenvalue weighted by Gasteiger charge is 2.25. The lowest BCUT2D eigenvalue weighted by Gasteiger charge is -2.11. The molecule has 0 radical (unpaired) electrons. The zero-order chi connectivity index (χ0) is 22.2. The first-order valence-corrected chi connectivity index (χ1v) is 10.3. The number of nitrogens with zero attached hydrogens (tertiary/aromatic N) is 4. The Balaban J connectivity index is 1.38. The SMILES string of the molecule is COc1ncc(NC(=O)Cc2ccc(-n3c4c(c5ncnc(N)c53)CCC4)cc2)cc1F. The molecule has 0 atom stereocenters. The molecule has 0 saturated carbocycles. The highest BCUT2D eigenvalue weighted by molar-refractivity contribution is 5.93. The van der Waals surface area contributed by atoms with Gasteiger partial charge in [0.05, 0.1) is 30.9 Å². The third-order valence-electron chi connectivity index (χ3n) is 5.66. The number of halogens is 1. The average molecular weight is 432 g/mol. The number of nitrogens with one attached hydrogen (secondary N) is 1. The van der Waals surface area contributed by atoms with Crippen molar-refractivity contribution in [3.8, 4) is 11.6 Å². The summed E-state index contributed by atoms with van der Waals surface area (Å²) in [5.41, 5.74) is 12.4. The van der Waals surface area contributed by atoms with Crippen molar-refractivity contribution in [2.75, 3.05) is 18.2 Å². The Morgan fingerprint density at radius 2 is 2.03 bits per heavy atom. The Bertz CT molecular complexity index is 1330. The van der Waals surface area contributed by atoms with Gasteiger partial charge in [-0.2, -0.15) is 0 Å². The van der Waals surface area contributed by atoms with Gasteiger partial charge in [0.2, 0.25) is 11.8 Å². The number of ether oxygens (including phenoxy) is 1. The second kappa shape index (κ2) is 7.92. The molecule has 0 spiro atoms. The van der Waals surface area contributed by atoms with E-state index in [9.17, 15) is 9.18 Å². The van der Waals surface area contributed by atoms with Gasteiger partial charge in [-0.25, -0.2) is 19.3 Å². The lowest BCUT2D eigenvalue weighted by atomic mass is 10.1. The standard InChI is InChI=1S/C23H21FN6O2/c1-32-23-17(24)10-14(11-26-23)29-19(31)9-13-5-7-15(8-6-13)30-18-4-2-3-16(18)20-21(30)22(25)28-12-27-20/h5-8,10-12H,2-4,9H2,1H3,(H,29,31)(H2,25,27,28). The van der Waals surface area contributed by atoms with Crippen LogP contribution < -0.4 is 15.8 Å². The summed E-state index contributed by atoms with van der Waals surface area (Å²) in [7, 11) is 1.33. The van der Waals surface area contributed by atoms with Crippen LogP contribution in [0.25, 0.3) is 16.7 Å². The average Bonchev–Trinajstić information content (AvgIpc) is 3.36. The number of carbonyl (C=O) groups excluding carboxylic acids is 1. The monoisotopic (exact) mass is 432 g/mol. The number of nitrogens with two attached hydrogens (primary N) is 1. The van der Waals surface area contributed by atoms with Crippen LogP contribution in [0.4, 0.5) is 15.9 Å². The smallest absolute Gasteiger partial charge is 0.250 e. The van der Waals surface area contributed by atoms with Crippen LogP contribution >= 0.6 is 0 Å². The second-order valence-corrected chi connectivity index (χ2v) is 7.68. The lowest BCUT2D eigenvalue weighted by Crippen LogP contribution is -2.15. The predicted molar refractivity (Wildman–Crippen MR) is 118 cm³/mol. The van der Waals surface area contributed by atoms with Crippen molar-refractivity contribution >= 4 is 28.4 Å². The molecule has 4 aromatic rings. The number of hydrogen-bond acceptors (Lipinski definition) is 6. The summed E-state index contributed by atoms with van der Waals surface area (Å²) in [5.74, 6) is -0.569. The molecule has 1 amide bonds. The Labute approximate surface area is 183 Å². The van der Waals surface area contributed by atoms with E-state index in [0.717, 1.165) is 41.5 Å². The summed E-state index contributed by atoms with van der Waals surface area (Å²) in [6, 6.07) is 8.89. The van der Waals surface area contributed by atoms with Gasteiger partial charge in [0.25, 0.3) is 0 Å². The Hall–Kier alpha value is -4.01. The summed E-state index contributed by atoms with van der Waals surface area (Å²) in [6.45, 7) is 0. The number of amides is 1. The maximum Gasteiger partial charge on any atom is 0.250 e. The zero-order valence-corrected chi connectivity index (χ0v) is 17.4. The Morgan fingerprint density at radius 3 is 2.78 bits per heavy atom. The fraction of sp³-hybridized carbons (Fsp3) is 0.217. The molecule has 8 nitrogen and oxygen atoms in total. The predicted octanol–water partition coefficient (Wildman–Crippen LogP) is 3.22. The van der Waals surface area contributed by atoms with Crippen LogP contribution in [0, 0.1) is 5.82 Å². The largest absolute Gasteiger partial charge is 0.479 e. The van der Waals surface area contributed by atoms with Gasteiger partial charge in [0.15, 0.2) is 11.6 Å². The third kappa shape index (κ3) is 3.41. The summed E-state index contributed by atoms with van der Waals surface area (Å²) in [5, 5.41) is 2.66. The number of methoxy groups -OCH3 is 1. The van der Waals surface area contributed by atoms with Crippen molar-refractivity contribution in [2.45, 2.75) is 25.7 Å². The molecule has 3 aromatic heterocycles. The van der Waals surface area contributed by atoms with E-state index in [1.165, 1.54) is 37.0 Å². The molecular formula is C23H21FN6O2. The van der Waals surface area contributed by atoms with E-state index in [4.69, 9.17) is 10.5 Å². The van der Waals surface area contributed by atoms with Gasteiger partial charge in [0, 0.05) is 17.4 Å². The van der Waals surface area contributed by atoms with Gasteiger partial charge in [-0.15, -0.1) is 0 Å². The summed E-state index contributed by atoms with van der Waals surface area (Å²) >= 11 is 0. The highest BCUT2D eigenvalue weighted by atomic mass is 19.1. The fourth-order valence-corrected chi connectivity index (χ4v) is 4.28. The topological polar surface area (TPSA) is 108 Å². The first-order chi connectivity index (χ1) is 15.5. The Kier molecular flexibility index (Phi) is 4.93. The first-order valence-electron chi connectivity index (χ1n) is 10.3. The number of carbonyl (C=O) groups is 1. The molecule has 1 aromatic carbocycles. The van der Waals surface area contributed by atoms with Gasteiger partial charge in [0.1, 0.15) is 11.8 Å². The van der Waals surface area contributed by atoms with Crippen molar-refractivity contribution in [3.63, 3.8) is 0 Å². The van der Waals surface area contributed by atoms with Gasteiger partial charge < -0.3 is 20.4 Å². The van der Waals surface area contributed by atoms with Crippen LogP contribution in [0.5, 0.6) is 5.88 Å². The van der Waals surface area contributed by atoms with Crippen LogP contribution in [0.2, 0.25) is 0 Å². The molecule has 3 N–H and O–H groups in total. The minimum Gasteiger partial charge on any atom is -0.479 e. The van der Waals surface area contributed by atoms with Crippen molar-refractivity contribution in [1.29, 1.82) is 0 Å². The van der Waals surface area contributed by atoms with Crippen molar-refractivity contribution in [3.05, 3.63) is 65.5 Å². The maximum atomic E-state index is 13.8. The number of pyridine rings is 1. The molecule has 1 aliphatic carbocycles. The molecular weight excluding hydrogens is 411 g/mol. The minimum atomic E-state index is -0.635. The van der Waals surface area contributed by atoms with Crippen LogP contribution in [-0.4, -0.2) is 32.5 Å². The number of fused-ring (bicyclic) bond motifs is 3. The van der Waals surface area contributed by atoms with E-state index in [-0.39, 0.29) is 23.9 Å². The minimum absolute atomic E-state index is 0.117. The van der Waals surface area contributed by atoms with E-state index in [1.807, 2.05) is 24.3 Å². The molecule has 0 aliphatic heterocycles. The highest BCUT2D eigenvalue weighted by Crippen LogP contribution is 2.36. The zero-order valence-electron chi connectivity index (χ0n) is 17.4. The molecule has 0 unspecified atom stereocenters. The molecule has 32 heavy (non-hydrogen) atoms.